The molecule has 0 radical (unpaired) electrons. The zero-order valence-corrected chi connectivity index (χ0v) is 10.3. The summed E-state index contributed by atoms with van der Waals surface area (Å²) in [4.78, 5) is 4.19. The smallest absolute Gasteiger partial charge is 0.131 e. The van der Waals surface area contributed by atoms with Gasteiger partial charge in [0.1, 0.15) is 17.4 Å². The number of nitrogens with two attached hydrogens (primary N) is 1. The van der Waals surface area contributed by atoms with Gasteiger partial charge in [-0.15, -0.1) is 0 Å². The number of nitrogens with zero attached hydrogens (tertiary/aromatic N) is 2. The molecule has 1 aromatic heterocycles. The van der Waals surface area contributed by atoms with Crippen LogP contribution in [0.5, 0.6) is 5.75 Å². The van der Waals surface area contributed by atoms with Crippen LogP contribution in [0.25, 0.3) is 0 Å². The molecule has 0 atom stereocenters. The van der Waals surface area contributed by atoms with Crippen molar-refractivity contribution in [1.29, 1.82) is 0 Å². The van der Waals surface area contributed by atoms with Crippen LogP contribution in [-0.2, 0) is 20.0 Å². The van der Waals surface area contributed by atoms with Gasteiger partial charge in [0.2, 0.25) is 0 Å². The van der Waals surface area contributed by atoms with Crippen LogP contribution in [0.2, 0.25) is 0 Å². The Kier molecular flexibility index (Phi) is 3.94. The van der Waals surface area contributed by atoms with E-state index in [4.69, 9.17) is 10.5 Å². The second kappa shape index (κ2) is 5.64. The second-order valence-corrected chi connectivity index (χ2v) is 3.97. The van der Waals surface area contributed by atoms with E-state index in [1.165, 1.54) is 6.07 Å². The normalized spacial score (nSPS) is 10.6. The van der Waals surface area contributed by atoms with Gasteiger partial charge in [-0.2, -0.15) is 0 Å². The van der Waals surface area contributed by atoms with Crippen molar-refractivity contribution in [3.05, 3.63) is 47.8 Å². The van der Waals surface area contributed by atoms with Gasteiger partial charge in [0.25, 0.3) is 0 Å². The topological polar surface area (TPSA) is 53.1 Å². The minimum absolute atomic E-state index is 0.129. The molecule has 1 aromatic carbocycles. The molecule has 2 N–H and O–H groups in total. The molecule has 0 fully saturated rings. The summed E-state index contributed by atoms with van der Waals surface area (Å²) in [5.74, 6) is 1.11. The Morgan fingerprint density at radius 1 is 1.44 bits per heavy atom. The van der Waals surface area contributed by atoms with E-state index in [2.05, 4.69) is 4.98 Å². The molecule has 18 heavy (non-hydrogen) atoms. The van der Waals surface area contributed by atoms with E-state index in [0.717, 1.165) is 5.82 Å². The van der Waals surface area contributed by atoms with Crippen molar-refractivity contribution in [3.8, 4) is 5.75 Å². The van der Waals surface area contributed by atoms with Crippen molar-refractivity contribution in [1.82, 2.24) is 9.55 Å². The first-order valence-electron chi connectivity index (χ1n) is 5.79. The number of aryl methyl sites for hydroxylation is 1. The Labute approximate surface area is 105 Å². The quantitative estimate of drug-likeness (QED) is 0.876. The molecule has 0 aliphatic heterocycles. The maximum atomic E-state index is 13.4. The molecular formula is C13H16FN3O. The van der Waals surface area contributed by atoms with Gasteiger partial charge < -0.3 is 15.0 Å². The number of hydrogen-bond acceptors (Lipinski definition) is 3. The van der Waals surface area contributed by atoms with Crippen molar-refractivity contribution in [2.45, 2.75) is 13.0 Å². The van der Waals surface area contributed by atoms with Gasteiger partial charge in [-0.25, -0.2) is 9.37 Å². The lowest BCUT2D eigenvalue weighted by atomic mass is 10.2. The number of halogens is 1. The third kappa shape index (κ3) is 2.68. The molecule has 1 heterocycles. The van der Waals surface area contributed by atoms with Gasteiger partial charge in [-0.3, -0.25) is 0 Å². The summed E-state index contributed by atoms with van der Waals surface area (Å²) < 4.78 is 20.9. The highest BCUT2D eigenvalue weighted by atomic mass is 19.1. The number of imidazole rings is 1. The lowest BCUT2D eigenvalue weighted by Crippen LogP contribution is -2.09. The predicted molar refractivity (Wildman–Crippen MR) is 66.7 cm³/mol. The maximum Gasteiger partial charge on any atom is 0.131 e. The summed E-state index contributed by atoms with van der Waals surface area (Å²) in [6.45, 7) is 0.575. The SMILES string of the molecule is Cn1ccnc1CCOc1cccc(F)c1CN. The van der Waals surface area contributed by atoms with Crippen LogP contribution in [-0.4, -0.2) is 16.2 Å². The van der Waals surface area contributed by atoms with Crippen molar-refractivity contribution >= 4 is 0 Å². The van der Waals surface area contributed by atoms with E-state index >= 15 is 0 Å². The van der Waals surface area contributed by atoms with E-state index in [-0.39, 0.29) is 12.4 Å². The number of benzene rings is 1. The van der Waals surface area contributed by atoms with Crippen LogP contribution in [0.3, 0.4) is 0 Å². The summed E-state index contributed by atoms with van der Waals surface area (Å²) in [7, 11) is 1.93. The minimum atomic E-state index is -0.327. The summed E-state index contributed by atoms with van der Waals surface area (Å²) in [6, 6.07) is 4.72. The van der Waals surface area contributed by atoms with Gasteiger partial charge in [0.15, 0.2) is 0 Å². The summed E-state index contributed by atoms with van der Waals surface area (Å²) in [6.07, 6.45) is 4.29. The fourth-order valence-corrected chi connectivity index (χ4v) is 1.76. The Morgan fingerprint density at radius 2 is 2.28 bits per heavy atom. The van der Waals surface area contributed by atoms with Gasteiger partial charge in [0, 0.05) is 38.0 Å². The first-order valence-corrected chi connectivity index (χ1v) is 5.79. The third-order valence-corrected chi connectivity index (χ3v) is 2.78. The van der Waals surface area contributed by atoms with E-state index in [1.807, 2.05) is 17.8 Å². The van der Waals surface area contributed by atoms with Gasteiger partial charge in [-0.05, 0) is 12.1 Å². The third-order valence-electron chi connectivity index (χ3n) is 2.78. The number of rotatable bonds is 5. The molecule has 0 aliphatic carbocycles. The van der Waals surface area contributed by atoms with Crippen LogP contribution in [0, 0.1) is 5.82 Å². The lowest BCUT2D eigenvalue weighted by molar-refractivity contribution is 0.312. The van der Waals surface area contributed by atoms with E-state index in [9.17, 15) is 4.39 Å². The van der Waals surface area contributed by atoms with Crippen molar-refractivity contribution in [2.24, 2.45) is 12.8 Å². The molecule has 96 valence electrons. The Balaban J connectivity index is 1.98. The molecule has 0 saturated heterocycles. The van der Waals surface area contributed by atoms with E-state index < -0.39 is 0 Å². The summed E-state index contributed by atoms with van der Waals surface area (Å²) >= 11 is 0. The van der Waals surface area contributed by atoms with E-state index in [1.54, 1.807) is 18.3 Å². The average molecular weight is 249 g/mol. The molecule has 0 amide bonds. The maximum absolute atomic E-state index is 13.4. The highest BCUT2D eigenvalue weighted by molar-refractivity contribution is 5.34. The fraction of sp³-hybridized carbons (Fsp3) is 0.308. The van der Waals surface area contributed by atoms with Gasteiger partial charge in [-0.1, -0.05) is 6.07 Å². The molecule has 2 aromatic rings. The van der Waals surface area contributed by atoms with Crippen molar-refractivity contribution < 1.29 is 9.13 Å². The first-order chi connectivity index (χ1) is 8.72. The van der Waals surface area contributed by atoms with Crippen LogP contribution >= 0.6 is 0 Å². The van der Waals surface area contributed by atoms with Crippen LogP contribution in [0.4, 0.5) is 4.39 Å². The second-order valence-electron chi connectivity index (χ2n) is 3.97. The molecule has 0 aliphatic rings. The molecule has 0 bridgehead atoms. The highest BCUT2D eigenvalue weighted by Crippen LogP contribution is 2.20. The van der Waals surface area contributed by atoms with Crippen molar-refractivity contribution in [3.63, 3.8) is 0 Å². The number of hydrogen-bond donors (Lipinski definition) is 1. The van der Waals surface area contributed by atoms with E-state index in [0.29, 0.717) is 24.3 Å². The zero-order valence-electron chi connectivity index (χ0n) is 10.3. The summed E-state index contributed by atoms with van der Waals surface area (Å²) in [5.41, 5.74) is 5.92. The van der Waals surface area contributed by atoms with Gasteiger partial charge >= 0.3 is 0 Å². The Bertz CT molecular complexity index is 525. The Morgan fingerprint density at radius 3 is 2.94 bits per heavy atom. The molecule has 0 spiro atoms. The average Bonchev–Trinajstić information content (AvgIpc) is 2.75. The largest absolute Gasteiger partial charge is 0.493 e. The predicted octanol–water partition coefficient (Wildman–Crippen LogP) is 1.64. The van der Waals surface area contributed by atoms with Crippen LogP contribution in [0.15, 0.2) is 30.6 Å². The van der Waals surface area contributed by atoms with Crippen LogP contribution in [0.1, 0.15) is 11.4 Å². The summed E-state index contributed by atoms with van der Waals surface area (Å²) in [5, 5.41) is 0. The number of ether oxygens (including phenoxy) is 1. The number of aromatic nitrogens is 2. The standard InChI is InChI=1S/C13H16FN3O/c1-17-7-6-16-13(17)5-8-18-12-4-2-3-11(14)10(12)9-15/h2-4,6-7H,5,8-9,15H2,1H3. The zero-order chi connectivity index (χ0) is 13.0. The molecular weight excluding hydrogens is 233 g/mol. The molecule has 2 rings (SSSR count). The molecule has 0 unspecified atom stereocenters. The Hall–Kier alpha value is -1.88. The fourth-order valence-electron chi connectivity index (χ4n) is 1.76. The molecule has 0 saturated carbocycles. The first kappa shape index (κ1) is 12.6. The monoisotopic (exact) mass is 249 g/mol. The van der Waals surface area contributed by atoms with Crippen molar-refractivity contribution in [2.75, 3.05) is 6.61 Å². The molecule has 5 heteroatoms. The van der Waals surface area contributed by atoms with Crippen LogP contribution < -0.4 is 10.5 Å². The minimum Gasteiger partial charge on any atom is -0.493 e. The van der Waals surface area contributed by atoms with Gasteiger partial charge in [0.05, 0.1) is 6.61 Å². The lowest BCUT2D eigenvalue weighted by Gasteiger charge is -2.10. The molecule has 4 nitrogen and oxygen atoms in total. The highest BCUT2D eigenvalue weighted by Gasteiger charge is 2.08.